The Bertz CT molecular complexity index is 534. The fraction of sp³-hybridized carbons (Fsp3) is 0. The molecule has 1 heterocycles. The normalized spacial score (nSPS) is 10.8. The first-order chi connectivity index (χ1) is 6.79. The van der Waals surface area contributed by atoms with Gasteiger partial charge in [-0.3, -0.25) is 0 Å². The molecule has 0 saturated carbocycles. The third kappa shape index (κ3) is 1.43. The molecule has 0 aliphatic rings. The van der Waals surface area contributed by atoms with E-state index in [2.05, 4.69) is 4.98 Å². The number of nitrogens with zero attached hydrogens (tertiary/aromatic N) is 2. The number of hydrogen-bond acceptors (Lipinski definition) is 4. The number of rotatable bonds is 1. The van der Waals surface area contributed by atoms with Gasteiger partial charge in [0.25, 0.3) is 6.01 Å². The summed E-state index contributed by atoms with van der Waals surface area (Å²) in [6.45, 7) is 0. The van der Waals surface area contributed by atoms with Crippen LogP contribution in [-0.4, -0.2) is 4.98 Å². The largest absolute Gasteiger partial charge is 0.424 e. The molecule has 0 atom stereocenters. The molecule has 68 valence electrons. The van der Waals surface area contributed by atoms with Crippen molar-refractivity contribution in [2.75, 3.05) is 5.73 Å². The maximum atomic E-state index is 8.35. The minimum atomic E-state index is 0.154. The van der Waals surface area contributed by atoms with Gasteiger partial charge < -0.3 is 10.2 Å². The van der Waals surface area contributed by atoms with Gasteiger partial charge in [0.05, 0.1) is 6.07 Å². The van der Waals surface area contributed by atoms with E-state index in [9.17, 15) is 0 Å². The number of nitrogens with two attached hydrogens (primary N) is 1. The van der Waals surface area contributed by atoms with Crippen molar-refractivity contribution in [1.82, 2.24) is 4.98 Å². The Balaban J connectivity index is 2.51. The van der Waals surface area contributed by atoms with E-state index in [-0.39, 0.29) is 6.01 Å². The Labute approximate surface area is 80.3 Å². The van der Waals surface area contributed by atoms with Crippen LogP contribution in [0, 0.1) is 11.3 Å². The first-order valence-corrected chi connectivity index (χ1v) is 4.02. The SMILES string of the molecule is N#CC=Cc1ccc2oc(N)nc2c1. The summed E-state index contributed by atoms with van der Waals surface area (Å²) in [5.74, 6) is 0. The summed E-state index contributed by atoms with van der Waals surface area (Å²) in [5.41, 5.74) is 7.63. The lowest BCUT2D eigenvalue weighted by atomic mass is 10.2. The Hall–Kier alpha value is -2.28. The van der Waals surface area contributed by atoms with Crippen LogP contribution < -0.4 is 5.73 Å². The summed E-state index contributed by atoms with van der Waals surface area (Å²) in [4.78, 5) is 3.98. The van der Waals surface area contributed by atoms with Crippen molar-refractivity contribution in [1.29, 1.82) is 5.26 Å². The Morgan fingerprint density at radius 1 is 1.50 bits per heavy atom. The standard InChI is InChI=1S/C10H7N3O/c11-5-1-2-7-3-4-9-8(6-7)13-10(12)14-9/h1-4,6H,(H2,12,13). The summed E-state index contributed by atoms with van der Waals surface area (Å²) in [6, 6.07) is 7.49. The van der Waals surface area contributed by atoms with Crippen LogP contribution in [0.5, 0.6) is 0 Å². The fourth-order valence-electron chi connectivity index (χ4n) is 1.20. The number of nitrogen functional groups attached to an aromatic ring is 1. The summed E-state index contributed by atoms with van der Waals surface area (Å²) in [6.07, 6.45) is 3.11. The van der Waals surface area contributed by atoms with Crippen LogP contribution >= 0.6 is 0 Å². The number of hydrogen-bond donors (Lipinski definition) is 1. The number of nitriles is 1. The molecular formula is C10H7N3O. The average molecular weight is 185 g/mol. The maximum Gasteiger partial charge on any atom is 0.292 e. The molecule has 0 aliphatic heterocycles. The van der Waals surface area contributed by atoms with Crippen molar-refractivity contribution < 1.29 is 4.42 Å². The second kappa shape index (κ2) is 3.23. The van der Waals surface area contributed by atoms with E-state index in [4.69, 9.17) is 15.4 Å². The molecule has 2 rings (SSSR count). The number of anilines is 1. The van der Waals surface area contributed by atoms with E-state index >= 15 is 0 Å². The van der Waals surface area contributed by atoms with Crippen molar-refractivity contribution in [3.8, 4) is 6.07 Å². The first-order valence-electron chi connectivity index (χ1n) is 4.02. The zero-order valence-corrected chi connectivity index (χ0v) is 7.27. The van der Waals surface area contributed by atoms with Crippen molar-refractivity contribution in [2.24, 2.45) is 0 Å². The number of fused-ring (bicyclic) bond motifs is 1. The molecule has 0 saturated heterocycles. The van der Waals surface area contributed by atoms with Gasteiger partial charge in [0.1, 0.15) is 5.52 Å². The van der Waals surface area contributed by atoms with Crippen molar-refractivity contribution in [3.63, 3.8) is 0 Å². The van der Waals surface area contributed by atoms with Gasteiger partial charge in [0.2, 0.25) is 0 Å². The maximum absolute atomic E-state index is 8.35. The smallest absolute Gasteiger partial charge is 0.292 e. The van der Waals surface area contributed by atoms with Gasteiger partial charge in [0.15, 0.2) is 5.58 Å². The van der Waals surface area contributed by atoms with Crippen LogP contribution in [0.1, 0.15) is 5.56 Å². The molecule has 0 amide bonds. The molecule has 0 bridgehead atoms. The summed E-state index contributed by atoms with van der Waals surface area (Å²) < 4.78 is 5.10. The molecule has 14 heavy (non-hydrogen) atoms. The minimum Gasteiger partial charge on any atom is -0.424 e. The number of benzene rings is 1. The number of aromatic nitrogens is 1. The van der Waals surface area contributed by atoms with E-state index in [1.807, 2.05) is 18.2 Å². The van der Waals surface area contributed by atoms with Gasteiger partial charge in [-0.25, -0.2) is 0 Å². The van der Waals surface area contributed by atoms with Gasteiger partial charge in [-0.1, -0.05) is 6.07 Å². The highest BCUT2D eigenvalue weighted by Gasteiger charge is 2.01. The van der Waals surface area contributed by atoms with Gasteiger partial charge in [-0.05, 0) is 23.8 Å². The average Bonchev–Trinajstić information content (AvgIpc) is 2.54. The van der Waals surface area contributed by atoms with E-state index in [1.54, 1.807) is 12.1 Å². The first kappa shape index (κ1) is 8.32. The second-order valence-electron chi connectivity index (χ2n) is 2.74. The van der Waals surface area contributed by atoms with Crippen molar-refractivity contribution in [2.45, 2.75) is 0 Å². The third-order valence-electron chi connectivity index (χ3n) is 1.78. The van der Waals surface area contributed by atoms with Crippen molar-refractivity contribution >= 4 is 23.2 Å². The lowest BCUT2D eigenvalue weighted by Crippen LogP contribution is -1.80. The highest BCUT2D eigenvalue weighted by Crippen LogP contribution is 2.18. The van der Waals surface area contributed by atoms with Crippen LogP contribution in [0.4, 0.5) is 6.01 Å². The van der Waals surface area contributed by atoms with E-state index in [1.165, 1.54) is 6.08 Å². The van der Waals surface area contributed by atoms with E-state index in [0.29, 0.717) is 11.1 Å². The van der Waals surface area contributed by atoms with Crippen LogP contribution in [-0.2, 0) is 0 Å². The second-order valence-corrected chi connectivity index (χ2v) is 2.74. The molecule has 0 spiro atoms. The van der Waals surface area contributed by atoms with E-state index < -0.39 is 0 Å². The molecule has 2 N–H and O–H groups in total. The number of oxazole rings is 1. The summed E-state index contributed by atoms with van der Waals surface area (Å²) >= 11 is 0. The van der Waals surface area contributed by atoms with Crippen LogP contribution in [0.3, 0.4) is 0 Å². The zero-order valence-electron chi connectivity index (χ0n) is 7.27. The predicted octanol–water partition coefficient (Wildman–Crippen LogP) is 1.95. The fourth-order valence-corrected chi connectivity index (χ4v) is 1.20. The molecule has 0 fully saturated rings. The third-order valence-corrected chi connectivity index (χ3v) is 1.78. The topological polar surface area (TPSA) is 75.8 Å². The van der Waals surface area contributed by atoms with E-state index in [0.717, 1.165) is 5.56 Å². The van der Waals surface area contributed by atoms with Gasteiger partial charge in [-0.2, -0.15) is 10.2 Å². The monoisotopic (exact) mass is 185 g/mol. The van der Waals surface area contributed by atoms with Gasteiger partial charge in [-0.15, -0.1) is 0 Å². The molecular weight excluding hydrogens is 178 g/mol. The Morgan fingerprint density at radius 3 is 3.14 bits per heavy atom. The van der Waals surface area contributed by atoms with Gasteiger partial charge >= 0.3 is 0 Å². The molecule has 0 unspecified atom stereocenters. The molecule has 0 radical (unpaired) electrons. The lowest BCUT2D eigenvalue weighted by Gasteiger charge is -1.89. The quantitative estimate of drug-likeness (QED) is 0.689. The van der Waals surface area contributed by atoms with Crippen LogP contribution in [0.15, 0.2) is 28.7 Å². The molecule has 4 heteroatoms. The van der Waals surface area contributed by atoms with Crippen LogP contribution in [0.25, 0.3) is 17.2 Å². The molecule has 1 aromatic carbocycles. The lowest BCUT2D eigenvalue weighted by molar-refractivity contribution is 0.626. The summed E-state index contributed by atoms with van der Waals surface area (Å²) in [5, 5.41) is 8.35. The molecule has 1 aromatic heterocycles. The van der Waals surface area contributed by atoms with Gasteiger partial charge in [0, 0.05) is 6.08 Å². The zero-order chi connectivity index (χ0) is 9.97. The molecule has 2 aromatic rings. The minimum absolute atomic E-state index is 0.154. The molecule has 0 aliphatic carbocycles. The van der Waals surface area contributed by atoms with Crippen molar-refractivity contribution in [3.05, 3.63) is 29.8 Å². The summed E-state index contributed by atoms with van der Waals surface area (Å²) in [7, 11) is 0. The Morgan fingerprint density at radius 2 is 2.36 bits per heavy atom. The Kier molecular flexibility index (Phi) is 1.92. The highest BCUT2D eigenvalue weighted by molar-refractivity contribution is 5.77. The highest BCUT2D eigenvalue weighted by atomic mass is 16.4. The predicted molar refractivity (Wildman–Crippen MR) is 53.1 cm³/mol. The molecule has 4 nitrogen and oxygen atoms in total. The van der Waals surface area contributed by atoms with Crippen LogP contribution in [0.2, 0.25) is 0 Å². The number of allylic oxidation sites excluding steroid dienone is 1.